The van der Waals surface area contributed by atoms with Crippen molar-refractivity contribution in [3.8, 4) is 0 Å². The van der Waals surface area contributed by atoms with E-state index in [0.717, 1.165) is 28.8 Å². The smallest absolute Gasteiger partial charge is 0.224 e. The number of nitrogens with zero attached hydrogens (tertiary/aromatic N) is 1. The van der Waals surface area contributed by atoms with E-state index in [1.165, 1.54) is 0 Å². The summed E-state index contributed by atoms with van der Waals surface area (Å²) in [6.45, 7) is 1.90. The maximum absolute atomic E-state index is 13.8. The number of hydrogen-bond donors (Lipinski definition) is 0. The van der Waals surface area contributed by atoms with Crippen molar-refractivity contribution in [1.29, 1.82) is 0 Å². The molecular formula is C12H17ClFNO4S2. The van der Waals surface area contributed by atoms with Gasteiger partial charge in [0.1, 0.15) is 10.7 Å². The Hall–Kier alpha value is -0.700. The highest BCUT2D eigenvalue weighted by molar-refractivity contribution is 7.91. The first kappa shape index (κ1) is 18.3. The molecule has 0 saturated heterocycles. The SMILES string of the molecule is CCN(CCCCl)S(=O)(=O)c1cc(S(C)(=O)=O)ccc1F. The zero-order valence-corrected chi connectivity index (χ0v) is 14.1. The monoisotopic (exact) mass is 357 g/mol. The molecule has 5 nitrogen and oxygen atoms in total. The molecule has 0 fully saturated rings. The zero-order valence-electron chi connectivity index (χ0n) is 11.7. The van der Waals surface area contributed by atoms with Gasteiger partial charge in [-0.1, -0.05) is 6.92 Å². The highest BCUT2D eigenvalue weighted by Gasteiger charge is 2.27. The van der Waals surface area contributed by atoms with Gasteiger partial charge >= 0.3 is 0 Å². The molecule has 0 radical (unpaired) electrons. The Balaban J connectivity index is 3.36. The first-order valence-electron chi connectivity index (χ1n) is 6.20. The molecule has 1 aromatic rings. The minimum Gasteiger partial charge on any atom is -0.224 e. The number of sulfone groups is 1. The van der Waals surface area contributed by atoms with Gasteiger partial charge in [-0.25, -0.2) is 21.2 Å². The second-order valence-electron chi connectivity index (χ2n) is 4.40. The van der Waals surface area contributed by atoms with Gasteiger partial charge in [-0.15, -0.1) is 11.6 Å². The molecule has 0 heterocycles. The fourth-order valence-corrected chi connectivity index (χ4v) is 4.15. The number of alkyl halides is 1. The second kappa shape index (κ2) is 7.04. The van der Waals surface area contributed by atoms with Crippen molar-refractivity contribution in [3.63, 3.8) is 0 Å². The Kier molecular flexibility index (Phi) is 6.15. The molecule has 1 rings (SSSR count). The van der Waals surface area contributed by atoms with Crippen molar-refractivity contribution in [2.45, 2.75) is 23.1 Å². The minimum atomic E-state index is -4.10. The lowest BCUT2D eigenvalue weighted by Crippen LogP contribution is -2.32. The topological polar surface area (TPSA) is 71.5 Å². The van der Waals surface area contributed by atoms with Crippen LogP contribution in [0.3, 0.4) is 0 Å². The number of rotatable bonds is 7. The first-order chi connectivity index (χ1) is 9.64. The summed E-state index contributed by atoms with van der Waals surface area (Å²) in [5.74, 6) is -0.704. The molecule has 0 aliphatic rings. The van der Waals surface area contributed by atoms with Crippen LogP contribution >= 0.6 is 11.6 Å². The van der Waals surface area contributed by atoms with Crippen LogP contribution in [0.5, 0.6) is 0 Å². The van der Waals surface area contributed by atoms with E-state index in [9.17, 15) is 21.2 Å². The fourth-order valence-electron chi connectivity index (χ4n) is 1.74. The van der Waals surface area contributed by atoms with Crippen LogP contribution in [0.2, 0.25) is 0 Å². The Morgan fingerprint density at radius 1 is 1.24 bits per heavy atom. The molecule has 0 atom stereocenters. The highest BCUT2D eigenvalue weighted by atomic mass is 35.5. The van der Waals surface area contributed by atoms with E-state index in [4.69, 9.17) is 11.6 Å². The first-order valence-corrected chi connectivity index (χ1v) is 10.1. The van der Waals surface area contributed by atoms with Crippen LogP contribution < -0.4 is 0 Å². The summed E-state index contributed by atoms with van der Waals surface area (Å²) >= 11 is 5.54. The van der Waals surface area contributed by atoms with E-state index in [1.807, 2.05) is 0 Å². The van der Waals surface area contributed by atoms with Crippen LogP contribution in [-0.4, -0.2) is 46.4 Å². The zero-order chi connectivity index (χ0) is 16.3. The molecule has 0 amide bonds. The number of benzene rings is 1. The third-order valence-corrected chi connectivity index (χ3v) is 6.21. The van der Waals surface area contributed by atoms with Crippen LogP contribution in [0.4, 0.5) is 4.39 Å². The summed E-state index contributed by atoms with van der Waals surface area (Å²) in [5.41, 5.74) is 0. The minimum absolute atomic E-state index is 0.141. The third kappa shape index (κ3) is 4.38. The van der Waals surface area contributed by atoms with Gasteiger partial charge in [0.2, 0.25) is 10.0 Å². The summed E-state index contributed by atoms with van der Waals surface area (Å²) in [7, 11) is -7.72. The van der Waals surface area contributed by atoms with Gasteiger partial charge in [0.05, 0.1) is 4.90 Å². The van der Waals surface area contributed by atoms with Crippen molar-refractivity contribution in [2.24, 2.45) is 0 Å². The summed E-state index contributed by atoms with van der Waals surface area (Å²) in [6.07, 6.45) is 1.35. The molecule has 1 aromatic carbocycles. The molecule has 120 valence electrons. The van der Waals surface area contributed by atoms with Crippen LogP contribution in [0, 0.1) is 5.82 Å². The molecule has 0 unspecified atom stereocenters. The molecule has 0 aromatic heterocycles. The Morgan fingerprint density at radius 2 is 1.86 bits per heavy atom. The van der Waals surface area contributed by atoms with Crippen LogP contribution in [0.1, 0.15) is 13.3 Å². The molecule has 9 heteroatoms. The maximum Gasteiger partial charge on any atom is 0.246 e. The molecular weight excluding hydrogens is 341 g/mol. The Morgan fingerprint density at radius 3 is 2.33 bits per heavy atom. The molecule has 0 aliphatic carbocycles. The van der Waals surface area contributed by atoms with Gasteiger partial charge in [0.15, 0.2) is 9.84 Å². The van der Waals surface area contributed by atoms with Gasteiger partial charge in [0.25, 0.3) is 0 Å². The van der Waals surface area contributed by atoms with E-state index in [1.54, 1.807) is 6.92 Å². The molecule has 0 aliphatic heterocycles. The summed E-state index contributed by atoms with van der Waals surface area (Å²) in [4.78, 5) is -0.877. The van der Waals surface area contributed by atoms with Crippen molar-refractivity contribution in [1.82, 2.24) is 4.31 Å². The predicted octanol–water partition coefficient (Wildman–Crippen LogP) is 1.87. The molecule has 0 N–H and O–H groups in total. The largest absolute Gasteiger partial charge is 0.246 e. The standard InChI is InChI=1S/C12H17ClFNO4S2/c1-3-15(8-4-7-13)21(18,19)12-9-10(20(2,16)17)5-6-11(12)14/h5-6,9H,3-4,7-8H2,1-2H3. The van der Waals surface area contributed by atoms with Gasteiger partial charge in [0, 0.05) is 25.2 Å². The van der Waals surface area contributed by atoms with Crippen molar-refractivity contribution in [3.05, 3.63) is 24.0 Å². The number of sulfonamides is 1. The van der Waals surface area contributed by atoms with E-state index in [-0.39, 0.29) is 23.9 Å². The molecule has 0 saturated carbocycles. The van der Waals surface area contributed by atoms with E-state index >= 15 is 0 Å². The van der Waals surface area contributed by atoms with Crippen LogP contribution in [-0.2, 0) is 19.9 Å². The normalized spacial score (nSPS) is 12.8. The Labute approximate surface area is 129 Å². The molecule has 21 heavy (non-hydrogen) atoms. The van der Waals surface area contributed by atoms with Crippen molar-refractivity contribution < 1.29 is 21.2 Å². The summed E-state index contributed by atoms with van der Waals surface area (Å²) in [5, 5.41) is 0. The van der Waals surface area contributed by atoms with Gasteiger partial charge < -0.3 is 0 Å². The van der Waals surface area contributed by atoms with Crippen LogP contribution in [0.25, 0.3) is 0 Å². The van der Waals surface area contributed by atoms with Crippen molar-refractivity contribution >= 4 is 31.5 Å². The molecule has 0 spiro atoms. The van der Waals surface area contributed by atoms with Gasteiger partial charge in [-0.05, 0) is 24.6 Å². The lowest BCUT2D eigenvalue weighted by atomic mass is 10.3. The quantitative estimate of drug-likeness (QED) is 0.551. The molecule has 0 bridgehead atoms. The summed E-state index contributed by atoms with van der Waals surface area (Å²) < 4.78 is 62.7. The highest BCUT2D eigenvalue weighted by Crippen LogP contribution is 2.23. The van der Waals surface area contributed by atoms with Gasteiger partial charge in [-0.2, -0.15) is 4.31 Å². The number of halogens is 2. The van der Waals surface area contributed by atoms with E-state index < -0.39 is 30.6 Å². The van der Waals surface area contributed by atoms with E-state index in [2.05, 4.69) is 0 Å². The summed E-state index contributed by atoms with van der Waals surface area (Å²) in [6, 6.07) is 2.74. The second-order valence-corrected chi connectivity index (χ2v) is 8.70. The van der Waals surface area contributed by atoms with Gasteiger partial charge in [-0.3, -0.25) is 0 Å². The lowest BCUT2D eigenvalue weighted by Gasteiger charge is -2.20. The fraction of sp³-hybridized carbons (Fsp3) is 0.500. The van der Waals surface area contributed by atoms with E-state index in [0.29, 0.717) is 6.42 Å². The maximum atomic E-state index is 13.8. The average molecular weight is 358 g/mol. The predicted molar refractivity (Wildman–Crippen MR) is 79.3 cm³/mol. The van der Waals surface area contributed by atoms with Crippen LogP contribution in [0.15, 0.2) is 28.0 Å². The van der Waals surface area contributed by atoms with Crippen molar-refractivity contribution in [2.75, 3.05) is 25.2 Å². The lowest BCUT2D eigenvalue weighted by molar-refractivity contribution is 0.423. The average Bonchev–Trinajstić information content (AvgIpc) is 2.38. The third-order valence-electron chi connectivity index (χ3n) is 2.84. The Bertz CT molecular complexity index is 704. The number of hydrogen-bond acceptors (Lipinski definition) is 4.